The highest BCUT2D eigenvalue weighted by atomic mass is 16.3. The Morgan fingerprint density at radius 1 is 1.38 bits per heavy atom. The molecule has 142 valence electrons. The van der Waals surface area contributed by atoms with Crippen molar-refractivity contribution in [1.29, 1.82) is 0 Å². The maximum Gasteiger partial charge on any atom is 0.325 e. The van der Waals surface area contributed by atoms with E-state index in [-0.39, 0.29) is 18.4 Å². The first-order valence-electron chi connectivity index (χ1n) is 8.78. The van der Waals surface area contributed by atoms with Crippen LogP contribution in [0.25, 0.3) is 0 Å². The number of hydrogen-bond acceptors (Lipinski definition) is 5. The van der Waals surface area contributed by atoms with Crippen LogP contribution in [0.5, 0.6) is 0 Å². The molecule has 2 fully saturated rings. The third kappa shape index (κ3) is 3.31. The Labute approximate surface area is 152 Å². The van der Waals surface area contributed by atoms with Crippen LogP contribution in [0, 0.1) is 5.92 Å². The first-order valence-corrected chi connectivity index (χ1v) is 8.78. The zero-order valence-corrected chi connectivity index (χ0v) is 15.3. The predicted octanol–water partition coefficient (Wildman–Crippen LogP) is 0.0225. The van der Waals surface area contributed by atoms with Crippen molar-refractivity contribution in [2.45, 2.75) is 38.3 Å². The average Bonchev–Trinajstić information content (AvgIpc) is 3.10. The third-order valence-corrected chi connectivity index (χ3v) is 5.20. The fourth-order valence-electron chi connectivity index (χ4n) is 3.53. The summed E-state index contributed by atoms with van der Waals surface area (Å²) in [5.41, 5.74) is -0.976. The van der Waals surface area contributed by atoms with Crippen molar-refractivity contribution in [2.75, 3.05) is 19.6 Å². The van der Waals surface area contributed by atoms with Gasteiger partial charge in [0.25, 0.3) is 5.91 Å². The van der Waals surface area contributed by atoms with Crippen molar-refractivity contribution in [3.8, 4) is 0 Å². The number of carbonyl (C=O) groups excluding carboxylic acids is 3. The zero-order chi connectivity index (χ0) is 19.1. The van der Waals surface area contributed by atoms with Crippen LogP contribution in [-0.2, 0) is 16.6 Å². The molecule has 0 aliphatic carbocycles. The highest BCUT2D eigenvalue weighted by molar-refractivity contribution is 6.08. The largest absolute Gasteiger partial charge is 0.385 e. The van der Waals surface area contributed by atoms with Crippen LogP contribution in [0.4, 0.5) is 4.79 Å². The number of aliphatic hydroxyl groups excluding tert-OH is 1. The molecule has 1 atom stereocenters. The van der Waals surface area contributed by atoms with Gasteiger partial charge in [-0.1, -0.05) is 0 Å². The second kappa shape index (κ2) is 6.71. The minimum Gasteiger partial charge on any atom is -0.385 e. The topological polar surface area (TPSA) is 108 Å². The molecule has 0 saturated carbocycles. The van der Waals surface area contributed by atoms with Crippen molar-refractivity contribution in [3.63, 3.8) is 0 Å². The van der Waals surface area contributed by atoms with E-state index in [9.17, 15) is 19.5 Å². The highest BCUT2D eigenvalue weighted by Crippen LogP contribution is 2.30. The zero-order valence-electron chi connectivity index (χ0n) is 15.3. The summed E-state index contributed by atoms with van der Waals surface area (Å²) in [6, 6.07) is -0.534. The first-order chi connectivity index (χ1) is 12.2. The van der Waals surface area contributed by atoms with Crippen LogP contribution < -0.4 is 5.32 Å². The van der Waals surface area contributed by atoms with Crippen molar-refractivity contribution in [1.82, 2.24) is 24.7 Å². The smallest absolute Gasteiger partial charge is 0.325 e. The number of aliphatic hydroxyl groups is 1. The lowest BCUT2D eigenvalue weighted by molar-refractivity contribution is -0.139. The highest BCUT2D eigenvalue weighted by Gasteiger charge is 2.45. The quantitative estimate of drug-likeness (QED) is 0.734. The molecule has 1 aromatic rings. The van der Waals surface area contributed by atoms with E-state index < -0.39 is 23.6 Å². The molecule has 1 aromatic heterocycles. The number of aromatic nitrogens is 2. The fraction of sp³-hybridized carbons (Fsp3) is 0.647. The summed E-state index contributed by atoms with van der Waals surface area (Å²) in [6.07, 6.45) is 4.06. The molecule has 2 aliphatic rings. The second-order valence-corrected chi connectivity index (χ2v) is 7.51. The summed E-state index contributed by atoms with van der Waals surface area (Å²) < 4.78 is 1.79. The van der Waals surface area contributed by atoms with Gasteiger partial charge in [-0.25, -0.2) is 9.78 Å². The van der Waals surface area contributed by atoms with Crippen molar-refractivity contribution >= 4 is 17.8 Å². The molecule has 0 unspecified atom stereocenters. The maximum absolute atomic E-state index is 12.5. The van der Waals surface area contributed by atoms with E-state index in [1.54, 1.807) is 35.7 Å². The van der Waals surface area contributed by atoms with Crippen LogP contribution in [-0.4, -0.2) is 67.5 Å². The van der Waals surface area contributed by atoms with Gasteiger partial charge in [0, 0.05) is 32.5 Å². The Morgan fingerprint density at radius 2 is 2.04 bits per heavy atom. The van der Waals surface area contributed by atoms with Crippen LogP contribution in [0.2, 0.25) is 0 Å². The number of rotatable bonds is 4. The molecule has 2 aliphatic heterocycles. The summed E-state index contributed by atoms with van der Waals surface area (Å²) in [4.78, 5) is 43.4. The normalized spacial score (nSPS) is 21.8. The number of hydrogen-bond donors (Lipinski definition) is 2. The van der Waals surface area contributed by atoms with Gasteiger partial charge in [-0.05, 0) is 32.6 Å². The molecule has 0 radical (unpaired) electrons. The number of piperidine rings is 1. The minimum absolute atomic E-state index is 0.0239. The number of amides is 4. The van der Waals surface area contributed by atoms with Gasteiger partial charge in [0.1, 0.15) is 24.0 Å². The first kappa shape index (κ1) is 18.4. The van der Waals surface area contributed by atoms with Crippen LogP contribution in [0.3, 0.4) is 0 Å². The molecule has 9 heteroatoms. The van der Waals surface area contributed by atoms with E-state index in [4.69, 9.17) is 0 Å². The van der Waals surface area contributed by atoms with Gasteiger partial charge in [-0.15, -0.1) is 0 Å². The lowest BCUT2D eigenvalue weighted by atomic mass is 9.90. The van der Waals surface area contributed by atoms with E-state index >= 15 is 0 Å². The van der Waals surface area contributed by atoms with Gasteiger partial charge in [0.2, 0.25) is 5.91 Å². The van der Waals surface area contributed by atoms with Crippen molar-refractivity contribution in [3.05, 3.63) is 18.2 Å². The summed E-state index contributed by atoms with van der Waals surface area (Å²) >= 11 is 0. The molecular weight excluding hydrogens is 338 g/mol. The minimum atomic E-state index is -0.976. The van der Waals surface area contributed by atoms with Crippen molar-refractivity contribution < 1.29 is 19.5 Å². The number of aryl methyl sites for hydroxylation is 1. The van der Waals surface area contributed by atoms with Crippen LogP contribution >= 0.6 is 0 Å². The van der Waals surface area contributed by atoms with Gasteiger partial charge in [-0.3, -0.25) is 14.5 Å². The van der Waals surface area contributed by atoms with E-state index in [0.717, 1.165) is 4.90 Å². The molecule has 26 heavy (non-hydrogen) atoms. The van der Waals surface area contributed by atoms with E-state index in [2.05, 4.69) is 10.3 Å². The third-order valence-electron chi connectivity index (χ3n) is 5.20. The average molecular weight is 363 g/mol. The molecule has 2 saturated heterocycles. The molecule has 2 N–H and O–H groups in total. The van der Waals surface area contributed by atoms with Gasteiger partial charge in [-0.2, -0.15) is 0 Å². The van der Waals surface area contributed by atoms with Gasteiger partial charge in [0.15, 0.2) is 0 Å². The Balaban J connectivity index is 1.55. The van der Waals surface area contributed by atoms with E-state index in [1.807, 2.05) is 7.05 Å². The standard InChI is InChI=1S/C17H25N5O4/c1-17(2)15(25)22(16(26)19-17)10-12(23)21-7-4-11(5-8-21)13(24)14-18-6-9-20(14)3/h6,9,11,13,24H,4-5,7-8,10H2,1-3H3,(H,19,26)/t13-/m1/s1. The fourth-order valence-corrected chi connectivity index (χ4v) is 3.53. The molecule has 9 nitrogen and oxygen atoms in total. The van der Waals surface area contributed by atoms with Crippen LogP contribution in [0.1, 0.15) is 38.6 Å². The van der Waals surface area contributed by atoms with Gasteiger partial charge in [0.05, 0.1) is 0 Å². The number of urea groups is 1. The maximum atomic E-state index is 12.5. The summed E-state index contributed by atoms with van der Waals surface area (Å²) in [6.45, 7) is 3.95. The Bertz CT molecular complexity index is 720. The van der Waals surface area contributed by atoms with Gasteiger partial charge < -0.3 is 19.9 Å². The molecule has 4 amide bonds. The lowest BCUT2D eigenvalue weighted by Gasteiger charge is -2.34. The molecule has 3 heterocycles. The molecule has 0 bridgehead atoms. The number of nitrogens with zero attached hydrogens (tertiary/aromatic N) is 4. The molecule has 3 rings (SSSR count). The monoisotopic (exact) mass is 363 g/mol. The molecule has 0 aromatic carbocycles. The number of imidazole rings is 1. The summed E-state index contributed by atoms with van der Waals surface area (Å²) in [5, 5.41) is 13.1. The summed E-state index contributed by atoms with van der Waals surface area (Å²) in [7, 11) is 1.84. The summed E-state index contributed by atoms with van der Waals surface area (Å²) in [5.74, 6) is -0.000727. The Morgan fingerprint density at radius 3 is 2.54 bits per heavy atom. The molecular formula is C17H25N5O4. The second-order valence-electron chi connectivity index (χ2n) is 7.51. The van der Waals surface area contributed by atoms with Crippen LogP contribution in [0.15, 0.2) is 12.4 Å². The lowest BCUT2D eigenvalue weighted by Crippen LogP contribution is -2.47. The number of carbonyl (C=O) groups is 3. The predicted molar refractivity (Wildman–Crippen MR) is 91.8 cm³/mol. The van der Waals surface area contributed by atoms with E-state index in [0.29, 0.717) is 31.8 Å². The number of likely N-dealkylation sites (tertiary alicyclic amines) is 1. The van der Waals surface area contributed by atoms with Crippen molar-refractivity contribution in [2.24, 2.45) is 13.0 Å². The van der Waals surface area contributed by atoms with Gasteiger partial charge >= 0.3 is 6.03 Å². The number of nitrogens with one attached hydrogen (secondary N) is 1. The van der Waals surface area contributed by atoms with E-state index in [1.165, 1.54) is 0 Å². The molecule has 0 spiro atoms. The Kier molecular flexibility index (Phi) is 4.74. The Hall–Kier alpha value is -2.42. The number of imide groups is 1. The SMILES string of the molecule is Cn1ccnc1[C@H](O)C1CCN(C(=O)CN2C(=O)NC(C)(C)C2=O)CC1.